The Balaban J connectivity index is 1.87. The van der Waals surface area contributed by atoms with E-state index in [0.717, 1.165) is 34.4 Å². The minimum Gasteiger partial charge on any atom is -0.384 e. The largest absolute Gasteiger partial charge is 0.384 e. The van der Waals surface area contributed by atoms with Gasteiger partial charge in [-0.25, -0.2) is 0 Å². The van der Waals surface area contributed by atoms with Gasteiger partial charge in [0.2, 0.25) is 0 Å². The van der Waals surface area contributed by atoms with Gasteiger partial charge in [-0.05, 0) is 77.2 Å². The van der Waals surface area contributed by atoms with E-state index in [1.54, 1.807) is 0 Å². The number of amides is 1. The number of aryl methyl sites for hydroxylation is 2. The van der Waals surface area contributed by atoms with Crippen molar-refractivity contribution in [3.8, 4) is 0 Å². The van der Waals surface area contributed by atoms with Gasteiger partial charge in [0.1, 0.15) is 0 Å². The predicted molar refractivity (Wildman–Crippen MR) is 90.2 cm³/mol. The number of carbonyl (C=O) groups is 1. The molecular formula is C17H17BrN2O. The molecule has 0 unspecified atom stereocenters. The third kappa shape index (κ3) is 2.81. The maximum atomic E-state index is 12.5. The first-order valence-electron chi connectivity index (χ1n) is 6.99. The van der Waals surface area contributed by atoms with E-state index in [4.69, 9.17) is 0 Å². The molecule has 3 nitrogen and oxygen atoms in total. The monoisotopic (exact) mass is 344 g/mol. The third-order valence-electron chi connectivity index (χ3n) is 3.75. The lowest BCUT2D eigenvalue weighted by molar-refractivity contribution is 0.102. The van der Waals surface area contributed by atoms with Crippen LogP contribution in [0, 0.1) is 13.8 Å². The molecule has 0 radical (unpaired) electrons. The Bertz CT molecular complexity index is 702. The fraction of sp³-hybridized carbons (Fsp3) is 0.235. The smallest absolute Gasteiger partial charge is 0.255 e. The first-order chi connectivity index (χ1) is 10.0. The number of hydrogen-bond donors (Lipinski definition) is 2. The van der Waals surface area contributed by atoms with Gasteiger partial charge in [-0.3, -0.25) is 4.79 Å². The first kappa shape index (κ1) is 14.1. The van der Waals surface area contributed by atoms with Crippen LogP contribution in [0.25, 0.3) is 0 Å². The van der Waals surface area contributed by atoms with Gasteiger partial charge >= 0.3 is 0 Å². The maximum Gasteiger partial charge on any atom is 0.255 e. The van der Waals surface area contributed by atoms with E-state index in [2.05, 4.69) is 32.6 Å². The lowest BCUT2D eigenvalue weighted by Gasteiger charge is -2.12. The van der Waals surface area contributed by atoms with Crippen molar-refractivity contribution < 1.29 is 4.79 Å². The Kier molecular flexibility index (Phi) is 3.72. The van der Waals surface area contributed by atoms with E-state index < -0.39 is 0 Å². The van der Waals surface area contributed by atoms with E-state index >= 15 is 0 Å². The quantitative estimate of drug-likeness (QED) is 0.853. The van der Waals surface area contributed by atoms with Crippen LogP contribution in [0.4, 0.5) is 11.4 Å². The van der Waals surface area contributed by atoms with Gasteiger partial charge in [-0.1, -0.05) is 6.07 Å². The van der Waals surface area contributed by atoms with Crippen LogP contribution in [0.5, 0.6) is 0 Å². The summed E-state index contributed by atoms with van der Waals surface area (Å²) >= 11 is 3.52. The molecular weight excluding hydrogens is 328 g/mol. The van der Waals surface area contributed by atoms with Crippen LogP contribution in [0.3, 0.4) is 0 Å². The van der Waals surface area contributed by atoms with Crippen LogP contribution < -0.4 is 10.6 Å². The molecule has 0 saturated heterocycles. The van der Waals surface area contributed by atoms with Crippen molar-refractivity contribution >= 4 is 33.2 Å². The van der Waals surface area contributed by atoms with Crippen molar-refractivity contribution in [2.24, 2.45) is 0 Å². The summed E-state index contributed by atoms with van der Waals surface area (Å²) < 4.78 is 0.913. The van der Waals surface area contributed by atoms with Crippen molar-refractivity contribution in [3.05, 3.63) is 57.1 Å². The Morgan fingerprint density at radius 2 is 2.05 bits per heavy atom. The molecule has 2 aromatic carbocycles. The summed E-state index contributed by atoms with van der Waals surface area (Å²) in [6, 6.07) is 9.89. The molecule has 4 heteroatoms. The Morgan fingerprint density at radius 3 is 2.81 bits per heavy atom. The van der Waals surface area contributed by atoms with Crippen molar-refractivity contribution in [1.82, 2.24) is 0 Å². The van der Waals surface area contributed by atoms with E-state index in [0.29, 0.717) is 5.56 Å². The molecule has 1 aliphatic rings. The fourth-order valence-corrected chi connectivity index (χ4v) is 3.48. The molecule has 2 aromatic rings. The van der Waals surface area contributed by atoms with Gasteiger partial charge in [-0.2, -0.15) is 0 Å². The highest BCUT2D eigenvalue weighted by Gasteiger charge is 2.15. The Morgan fingerprint density at radius 1 is 1.24 bits per heavy atom. The number of hydrogen-bond acceptors (Lipinski definition) is 2. The number of anilines is 2. The zero-order chi connectivity index (χ0) is 15.0. The second kappa shape index (κ2) is 5.53. The van der Waals surface area contributed by atoms with Gasteiger partial charge in [0.15, 0.2) is 0 Å². The number of nitrogens with one attached hydrogen (secondary N) is 2. The van der Waals surface area contributed by atoms with Gasteiger partial charge < -0.3 is 10.6 Å². The van der Waals surface area contributed by atoms with E-state index in [9.17, 15) is 4.79 Å². The molecule has 1 amide bonds. The highest BCUT2D eigenvalue weighted by atomic mass is 79.9. The van der Waals surface area contributed by atoms with Crippen LogP contribution in [0.2, 0.25) is 0 Å². The zero-order valence-corrected chi connectivity index (χ0v) is 13.7. The molecule has 0 spiro atoms. The number of rotatable bonds is 2. The fourth-order valence-electron chi connectivity index (χ4n) is 2.71. The van der Waals surface area contributed by atoms with Crippen LogP contribution in [0.15, 0.2) is 34.8 Å². The van der Waals surface area contributed by atoms with Crippen LogP contribution in [0.1, 0.15) is 27.0 Å². The minimum absolute atomic E-state index is 0.0719. The van der Waals surface area contributed by atoms with Crippen molar-refractivity contribution in [3.63, 3.8) is 0 Å². The molecule has 0 aromatic heterocycles. The third-order valence-corrected chi connectivity index (χ3v) is 4.37. The number of halogens is 1. The van der Waals surface area contributed by atoms with Crippen LogP contribution >= 0.6 is 15.9 Å². The van der Waals surface area contributed by atoms with Crippen LogP contribution in [-0.2, 0) is 6.42 Å². The average Bonchev–Trinajstić information content (AvgIpc) is 2.89. The molecule has 0 aliphatic carbocycles. The highest BCUT2D eigenvalue weighted by molar-refractivity contribution is 9.10. The average molecular weight is 345 g/mol. The molecule has 0 bridgehead atoms. The highest BCUT2D eigenvalue weighted by Crippen LogP contribution is 2.29. The molecule has 1 heterocycles. The lowest BCUT2D eigenvalue weighted by atomic mass is 10.1. The molecule has 108 valence electrons. The van der Waals surface area contributed by atoms with Gasteiger partial charge in [0.25, 0.3) is 5.91 Å². The topological polar surface area (TPSA) is 41.1 Å². The summed E-state index contributed by atoms with van der Waals surface area (Å²) in [5.74, 6) is -0.0719. The van der Waals surface area contributed by atoms with Gasteiger partial charge in [-0.15, -0.1) is 0 Å². The molecule has 2 N–H and O–H groups in total. The van der Waals surface area contributed by atoms with E-state index in [1.807, 2.05) is 38.1 Å². The van der Waals surface area contributed by atoms with E-state index in [1.165, 1.54) is 11.1 Å². The van der Waals surface area contributed by atoms with E-state index in [-0.39, 0.29) is 5.91 Å². The summed E-state index contributed by atoms with van der Waals surface area (Å²) in [5.41, 5.74) is 6.11. The summed E-state index contributed by atoms with van der Waals surface area (Å²) in [6.07, 6.45) is 0.976. The Labute approximate surface area is 132 Å². The minimum atomic E-state index is -0.0719. The number of benzene rings is 2. The first-order valence-corrected chi connectivity index (χ1v) is 7.79. The van der Waals surface area contributed by atoms with Crippen LogP contribution in [-0.4, -0.2) is 12.5 Å². The Hall–Kier alpha value is -1.81. The summed E-state index contributed by atoms with van der Waals surface area (Å²) in [5, 5.41) is 6.31. The molecule has 21 heavy (non-hydrogen) atoms. The predicted octanol–water partition coefficient (Wildman–Crippen LogP) is 4.29. The van der Waals surface area contributed by atoms with Gasteiger partial charge in [0, 0.05) is 22.3 Å². The number of carbonyl (C=O) groups excluding carboxylic acids is 1. The van der Waals surface area contributed by atoms with Gasteiger partial charge in [0.05, 0.1) is 5.69 Å². The molecule has 0 saturated carbocycles. The summed E-state index contributed by atoms with van der Waals surface area (Å²) in [4.78, 5) is 12.5. The standard InChI is InChI=1S/C17H17BrN2O/c1-10-7-11(2)16(14(18)8-10)20-17(21)13-3-4-15-12(9-13)5-6-19-15/h3-4,7-9,19H,5-6H2,1-2H3,(H,20,21). The molecule has 1 aliphatic heterocycles. The molecule has 0 fully saturated rings. The van der Waals surface area contributed by atoms with Crippen molar-refractivity contribution in [1.29, 1.82) is 0 Å². The summed E-state index contributed by atoms with van der Waals surface area (Å²) in [7, 11) is 0. The molecule has 0 atom stereocenters. The number of fused-ring (bicyclic) bond motifs is 1. The summed E-state index contributed by atoms with van der Waals surface area (Å²) in [6.45, 7) is 4.99. The SMILES string of the molecule is Cc1cc(C)c(NC(=O)c2ccc3c(c2)CCN3)c(Br)c1. The second-order valence-corrected chi connectivity index (χ2v) is 6.30. The lowest BCUT2D eigenvalue weighted by Crippen LogP contribution is -2.13. The zero-order valence-electron chi connectivity index (χ0n) is 12.1. The maximum absolute atomic E-state index is 12.5. The van der Waals surface area contributed by atoms with Crippen molar-refractivity contribution in [2.75, 3.05) is 17.2 Å². The second-order valence-electron chi connectivity index (χ2n) is 5.44. The molecule has 3 rings (SSSR count). The normalized spacial score (nSPS) is 12.7. The van der Waals surface area contributed by atoms with Crippen molar-refractivity contribution in [2.45, 2.75) is 20.3 Å².